The second-order valence-electron chi connectivity index (χ2n) is 5.36. The molecule has 2 nitrogen and oxygen atoms in total. The van der Waals surface area contributed by atoms with Gasteiger partial charge in [-0.1, -0.05) is 6.07 Å². The van der Waals surface area contributed by atoms with Crippen molar-refractivity contribution in [2.75, 3.05) is 27.2 Å². The van der Waals surface area contributed by atoms with E-state index >= 15 is 0 Å². The van der Waals surface area contributed by atoms with Crippen LogP contribution in [0.15, 0.2) is 18.2 Å². The van der Waals surface area contributed by atoms with Gasteiger partial charge in [-0.15, -0.1) is 0 Å². The standard InChI is InChI=1S/C14H22F2N2/c1-14(2,17-3)10-18(4)8-7-11-5-6-12(15)9-13(11)16/h5-6,9,17H,7-8,10H2,1-4H3. The van der Waals surface area contributed by atoms with Gasteiger partial charge >= 0.3 is 0 Å². The van der Waals surface area contributed by atoms with Gasteiger partial charge in [0, 0.05) is 24.7 Å². The molecule has 0 saturated carbocycles. The third-order valence-corrected chi connectivity index (χ3v) is 3.12. The van der Waals surface area contributed by atoms with Gasteiger partial charge in [0.05, 0.1) is 0 Å². The molecule has 0 bridgehead atoms. The molecule has 1 aromatic carbocycles. The Balaban J connectivity index is 2.50. The van der Waals surface area contributed by atoms with Crippen LogP contribution in [0.5, 0.6) is 0 Å². The molecule has 1 N–H and O–H groups in total. The Hall–Kier alpha value is -1.00. The Labute approximate surface area is 108 Å². The second kappa shape index (κ2) is 6.25. The minimum atomic E-state index is -0.527. The van der Waals surface area contributed by atoms with Crippen molar-refractivity contribution in [3.63, 3.8) is 0 Å². The van der Waals surface area contributed by atoms with E-state index in [2.05, 4.69) is 24.1 Å². The number of benzene rings is 1. The van der Waals surface area contributed by atoms with E-state index in [-0.39, 0.29) is 5.54 Å². The number of rotatable bonds is 6. The fourth-order valence-electron chi connectivity index (χ4n) is 1.87. The van der Waals surface area contributed by atoms with E-state index in [1.54, 1.807) is 0 Å². The Morgan fingerprint density at radius 1 is 1.28 bits per heavy atom. The van der Waals surface area contributed by atoms with Crippen LogP contribution in [0.3, 0.4) is 0 Å². The van der Waals surface area contributed by atoms with E-state index in [1.165, 1.54) is 12.1 Å². The molecule has 1 aromatic rings. The monoisotopic (exact) mass is 256 g/mol. The predicted octanol–water partition coefficient (Wildman–Crippen LogP) is 2.44. The Kier molecular flexibility index (Phi) is 5.23. The lowest BCUT2D eigenvalue weighted by Gasteiger charge is -2.30. The molecule has 0 aliphatic heterocycles. The number of nitrogens with zero attached hydrogens (tertiary/aromatic N) is 1. The highest BCUT2D eigenvalue weighted by Crippen LogP contribution is 2.11. The first-order valence-corrected chi connectivity index (χ1v) is 6.15. The zero-order valence-corrected chi connectivity index (χ0v) is 11.6. The van der Waals surface area contributed by atoms with E-state index in [4.69, 9.17) is 0 Å². The van der Waals surface area contributed by atoms with Crippen LogP contribution in [0.2, 0.25) is 0 Å². The number of hydrogen-bond donors (Lipinski definition) is 1. The van der Waals surface area contributed by atoms with Crippen molar-refractivity contribution in [1.82, 2.24) is 10.2 Å². The molecule has 102 valence electrons. The smallest absolute Gasteiger partial charge is 0.129 e. The summed E-state index contributed by atoms with van der Waals surface area (Å²) in [6.07, 6.45) is 0.586. The van der Waals surface area contributed by atoms with E-state index < -0.39 is 11.6 Å². The molecule has 4 heteroatoms. The van der Waals surface area contributed by atoms with Crippen molar-refractivity contribution >= 4 is 0 Å². The molecular weight excluding hydrogens is 234 g/mol. The molecule has 0 amide bonds. The number of likely N-dealkylation sites (N-methyl/N-ethyl adjacent to an activating group) is 2. The Morgan fingerprint density at radius 3 is 2.50 bits per heavy atom. The molecular formula is C14H22F2N2. The maximum absolute atomic E-state index is 13.4. The van der Waals surface area contributed by atoms with Crippen molar-refractivity contribution < 1.29 is 8.78 Å². The number of halogens is 2. The molecule has 18 heavy (non-hydrogen) atoms. The van der Waals surface area contributed by atoms with E-state index in [9.17, 15) is 8.78 Å². The van der Waals surface area contributed by atoms with Gasteiger partial charge in [0.25, 0.3) is 0 Å². The second-order valence-corrected chi connectivity index (χ2v) is 5.36. The minimum absolute atomic E-state index is 0.0239. The predicted molar refractivity (Wildman–Crippen MR) is 70.7 cm³/mol. The fourth-order valence-corrected chi connectivity index (χ4v) is 1.87. The largest absolute Gasteiger partial charge is 0.314 e. The van der Waals surface area contributed by atoms with Gasteiger partial charge in [-0.25, -0.2) is 8.78 Å². The quantitative estimate of drug-likeness (QED) is 0.841. The van der Waals surface area contributed by atoms with Gasteiger partial charge in [-0.05, 0) is 46.0 Å². The van der Waals surface area contributed by atoms with Crippen LogP contribution in [-0.2, 0) is 6.42 Å². The molecule has 0 aliphatic rings. The summed E-state index contributed by atoms with van der Waals surface area (Å²) in [5.41, 5.74) is 0.585. The SMILES string of the molecule is CNC(C)(C)CN(C)CCc1ccc(F)cc1F. The van der Waals surface area contributed by atoms with E-state index in [1.807, 2.05) is 14.1 Å². The molecule has 0 heterocycles. The van der Waals surface area contributed by atoms with Crippen LogP contribution in [0.4, 0.5) is 8.78 Å². The summed E-state index contributed by atoms with van der Waals surface area (Å²) in [6.45, 7) is 5.84. The van der Waals surface area contributed by atoms with Gasteiger partial charge in [0.1, 0.15) is 11.6 Å². The summed E-state index contributed by atoms with van der Waals surface area (Å²) in [7, 11) is 3.92. The molecule has 0 atom stereocenters. The molecule has 0 fully saturated rings. The van der Waals surface area contributed by atoms with Crippen LogP contribution < -0.4 is 5.32 Å². The van der Waals surface area contributed by atoms with Gasteiger partial charge in [-0.3, -0.25) is 0 Å². The lowest BCUT2D eigenvalue weighted by atomic mass is 10.1. The van der Waals surface area contributed by atoms with Crippen molar-refractivity contribution in [3.05, 3.63) is 35.4 Å². The van der Waals surface area contributed by atoms with Crippen LogP contribution in [-0.4, -0.2) is 37.6 Å². The first kappa shape index (κ1) is 15.1. The van der Waals surface area contributed by atoms with Gasteiger partial charge in [0.2, 0.25) is 0 Å². The average molecular weight is 256 g/mol. The molecule has 0 unspecified atom stereocenters. The molecule has 0 aliphatic carbocycles. The highest BCUT2D eigenvalue weighted by Gasteiger charge is 2.17. The summed E-state index contributed by atoms with van der Waals surface area (Å²) in [6, 6.07) is 3.75. The molecule has 0 spiro atoms. The fraction of sp³-hybridized carbons (Fsp3) is 0.571. The van der Waals surface area contributed by atoms with E-state index in [0.717, 1.165) is 19.2 Å². The van der Waals surface area contributed by atoms with Gasteiger partial charge in [0.15, 0.2) is 0 Å². The summed E-state index contributed by atoms with van der Waals surface area (Å²) in [4.78, 5) is 2.14. The van der Waals surface area contributed by atoms with Crippen molar-refractivity contribution in [2.24, 2.45) is 0 Å². The maximum Gasteiger partial charge on any atom is 0.129 e. The van der Waals surface area contributed by atoms with E-state index in [0.29, 0.717) is 12.0 Å². The highest BCUT2D eigenvalue weighted by atomic mass is 19.1. The first-order valence-electron chi connectivity index (χ1n) is 6.15. The van der Waals surface area contributed by atoms with Crippen molar-refractivity contribution in [3.8, 4) is 0 Å². The third kappa shape index (κ3) is 4.70. The van der Waals surface area contributed by atoms with Crippen molar-refractivity contribution in [1.29, 1.82) is 0 Å². The van der Waals surface area contributed by atoms with Crippen LogP contribution in [0.25, 0.3) is 0 Å². The van der Waals surface area contributed by atoms with Gasteiger partial charge in [-0.2, -0.15) is 0 Å². The highest BCUT2D eigenvalue weighted by molar-refractivity contribution is 5.18. The third-order valence-electron chi connectivity index (χ3n) is 3.12. The normalized spacial score (nSPS) is 12.2. The summed E-state index contributed by atoms with van der Waals surface area (Å²) >= 11 is 0. The summed E-state index contributed by atoms with van der Waals surface area (Å²) in [5, 5.41) is 3.22. The average Bonchev–Trinajstić information content (AvgIpc) is 2.27. The van der Waals surface area contributed by atoms with Crippen LogP contribution in [0, 0.1) is 11.6 Å². The Bertz CT molecular complexity index is 391. The maximum atomic E-state index is 13.4. The van der Waals surface area contributed by atoms with Crippen LogP contribution in [0.1, 0.15) is 19.4 Å². The number of nitrogens with one attached hydrogen (secondary N) is 1. The molecule has 1 rings (SSSR count). The van der Waals surface area contributed by atoms with Crippen molar-refractivity contribution in [2.45, 2.75) is 25.8 Å². The Morgan fingerprint density at radius 2 is 1.94 bits per heavy atom. The molecule has 0 saturated heterocycles. The van der Waals surface area contributed by atoms with Gasteiger partial charge < -0.3 is 10.2 Å². The topological polar surface area (TPSA) is 15.3 Å². The minimum Gasteiger partial charge on any atom is -0.314 e. The summed E-state index contributed by atoms with van der Waals surface area (Å²) < 4.78 is 26.2. The summed E-state index contributed by atoms with van der Waals surface area (Å²) in [5.74, 6) is -0.989. The lowest BCUT2D eigenvalue weighted by Crippen LogP contribution is -2.46. The number of hydrogen-bond acceptors (Lipinski definition) is 2. The first-order chi connectivity index (χ1) is 8.34. The lowest BCUT2D eigenvalue weighted by molar-refractivity contribution is 0.246. The zero-order valence-electron chi connectivity index (χ0n) is 11.6. The molecule has 0 aromatic heterocycles. The van der Waals surface area contributed by atoms with Crippen LogP contribution >= 0.6 is 0 Å². The zero-order chi connectivity index (χ0) is 13.8. The molecule has 0 radical (unpaired) electrons.